The maximum absolute atomic E-state index is 3.04. The Hall–Kier alpha value is 0.0639. The molecular formula is C12H13Y-. The molecule has 0 aliphatic heterocycles. The molecule has 0 unspecified atom stereocenters. The normalized spacial score (nSPS) is 15.8. The van der Waals surface area contributed by atoms with Crippen LogP contribution in [0, 0.1) is 6.07 Å². The van der Waals surface area contributed by atoms with Gasteiger partial charge in [-0.05, 0) is 25.7 Å². The SMILES string of the molecule is [Y].[c-]1ccc(C2=CCCCC2)cc1. The van der Waals surface area contributed by atoms with Gasteiger partial charge in [0.15, 0.2) is 0 Å². The molecule has 0 fully saturated rings. The number of benzene rings is 1. The van der Waals surface area contributed by atoms with Crippen LogP contribution in [0.25, 0.3) is 5.57 Å². The van der Waals surface area contributed by atoms with Crippen LogP contribution < -0.4 is 0 Å². The quantitative estimate of drug-likeness (QED) is 0.666. The largest absolute Gasteiger partial charge is 0.184 e. The van der Waals surface area contributed by atoms with Gasteiger partial charge in [-0.3, -0.25) is 0 Å². The second-order valence-corrected chi connectivity index (χ2v) is 3.26. The van der Waals surface area contributed by atoms with Crippen LogP contribution >= 0.6 is 0 Å². The van der Waals surface area contributed by atoms with E-state index in [0.717, 1.165) is 0 Å². The minimum absolute atomic E-state index is 0. The predicted octanol–water partition coefficient (Wildman–Crippen LogP) is 3.44. The van der Waals surface area contributed by atoms with Gasteiger partial charge in [0.25, 0.3) is 0 Å². The molecule has 1 heteroatoms. The van der Waals surface area contributed by atoms with E-state index in [2.05, 4.69) is 24.3 Å². The smallest absolute Gasteiger partial charge is 0 e. The fraction of sp³-hybridized carbons (Fsp3) is 0.333. The first-order valence-electron chi connectivity index (χ1n) is 4.62. The summed E-state index contributed by atoms with van der Waals surface area (Å²) in [5.41, 5.74) is 2.91. The Labute approximate surface area is 105 Å². The van der Waals surface area contributed by atoms with E-state index < -0.39 is 0 Å². The van der Waals surface area contributed by atoms with E-state index in [4.69, 9.17) is 0 Å². The van der Waals surface area contributed by atoms with Crippen molar-refractivity contribution in [1.29, 1.82) is 0 Å². The summed E-state index contributed by atoms with van der Waals surface area (Å²) >= 11 is 0. The summed E-state index contributed by atoms with van der Waals surface area (Å²) < 4.78 is 0. The fourth-order valence-electron chi connectivity index (χ4n) is 1.70. The third-order valence-corrected chi connectivity index (χ3v) is 2.38. The summed E-state index contributed by atoms with van der Waals surface area (Å²) in [4.78, 5) is 0. The van der Waals surface area contributed by atoms with Crippen molar-refractivity contribution < 1.29 is 32.7 Å². The summed E-state index contributed by atoms with van der Waals surface area (Å²) in [5.74, 6) is 0. The van der Waals surface area contributed by atoms with Crippen LogP contribution in [0.15, 0.2) is 30.3 Å². The molecule has 0 amide bonds. The van der Waals surface area contributed by atoms with Gasteiger partial charge in [-0.25, -0.2) is 0 Å². The Morgan fingerprint density at radius 1 is 1.08 bits per heavy atom. The van der Waals surface area contributed by atoms with Crippen molar-refractivity contribution in [2.45, 2.75) is 25.7 Å². The predicted molar refractivity (Wildman–Crippen MR) is 51.7 cm³/mol. The molecule has 0 heterocycles. The standard InChI is InChI=1S/C12H13.Y/c1-3-7-11(8-4-1)12-9-5-2-6-10-12;/h5-7,9-10H,1,3-4,8H2;/q-1;. The zero-order chi connectivity index (χ0) is 8.23. The first kappa shape index (κ1) is 11.1. The van der Waals surface area contributed by atoms with Gasteiger partial charge in [-0.2, -0.15) is 30.3 Å². The van der Waals surface area contributed by atoms with Crippen molar-refractivity contribution in [3.8, 4) is 0 Å². The monoisotopic (exact) mass is 246 g/mol. The van der Waals surface area contributed by atoms with Crippen LogP contribution in [0.2, 0.25) is 0 Å². The average Bonchev–Trinajstić information content (AvgIpc) is 2.21. The van der Waals surface area contributed by atoms with E-state index in [9.17, 15) is 0 Å². The van der Waals surface area contributed by atoms with Crippen LogP contribution in [0.4, 0.5) is 0 Å². The summed E-state index contributed by atoms with van der Waals surface area (Å²) in [5, 5.41) is 0. The molecule has 1 aromatic carbocycles. The molecular weight excluding hydrogens is 233 g/mol. The number of rotatable bonds is 1. The summed E-state index contributed by atoms with van der Waals surface area (Å²) in [6.45, 7) is 0. The Morgan fingerprint density at radius 2 is 1.85 bits per heavy atom. The molecule has 1 aliphatic carbocycles. The van der Waals surface area contributed by atoms with E-state index >= 15 is 0 Å². The zero-order valence-corrected chi connectivity index (χ0v) is 10.6. The van der Waals surface area contributed by atoms with Crippen LogP contribution in [-0.2, 0) is 32.7 Å². The van der Waals surface area contributed by atoms with Crippen molar-refractivity contribution in [1.82, 2.24) is 0 Å². The molecule has 2 rings (SSSR count). The van der Waals surface area contributed by atoms with Gasteiger partial charge in [-0.1, -0.05) is 11.6 Å². The molecule has 1 aliphatic rings. The average molecular weight is 246 g/mol. The van der Waals surface area contributed by atoms with Gasteiger partial charge in [0, 0.05) is 32.7 Å². The van der Waals surface area contributed by atoms with Crippen molar-refractivity contribution >= 4 is 5.57 Å². The number of allylic oxidation sites excluding steroid dienone is 2. The van der Waals surface area contributed by atoms with E-state index in [-0.39, 0.29) is 32.7 Å². The number of hydrogen-bond acceptors (Lipinski definition) is 0. The van der Waals surface area contributed by atoms with E-state index in [1.807, 2.05) is 12.1 Å². The topological polar surface area (TPSA) is 0 Å². The van der Waals surface area contributed by atoms with E-state index in [1.54, 1.807) is 0 Å². The van der Waals surface area contributed by atoms with Crippen molar-refractivity contribution in [2.24, 2.45) is 0 Å². The molecule has 0 saturated heterocycles. The molecule has 0 bridgehead atoms. The minimum atomic E-state index is 0. The van der Waals surface area contributed by atoms with Crippen LogP contribution in [0.5, 0.6) is 0 Å². The molecule has 0 saturated carbocycles. The maximum Gasteiger partial charge on any atom is 0 e. The first-order chi connectivity index (χ1) is 5.97. The van der Waals surface area contributed by atoms with Gasteiger partial charge in [0.2, 0.25) is 0 Å². The third-order valence-electron chi connectivity index (χ3n) is 2.38. The van der Waals surface area contributed by atoms with Crippen LogP contribution in [0.3, 0.4) is 0 Å². The molecule has 0 atom stereocenters. The third kappa shape index (κ3) is 3.04. The maximum atomic E-state index is 3.04. The Bertz CT molecular complexity index is 274. The second-order valence-electron chi connectivity index (χ2n) is 3.26. The summed E-state index contributed by atoms with van der Waals surface area (Å²) in [6.07, 6.45) is 7.60. The molecule has 1 aromatic rings. The van der Waals surface area contributed by atoms with Gasteiger partial charge in [-0.15, -0.1) is 5.56 Å². The first-order valence-corrected chi connectivity index (χ1v) is 4.62. The second kappa shape index (κ2) is 5.72. The van der Waals surface area contributed by atoms with Gasteiger partial charge < -0.3 is 0 Å². The van der Waals surface area contributed by atoms with Gasteiger partial charge in [0.1, 0.15) is 0 Å². The molecule has 0 nitrogen and oxygen atoms in total. The molecule has 65 valence electrons. The van der Waals surface area contributed by atoms with Crippen LogP contribution in [-0.4, -0.2) is 0 Å². The molecule has 0 spiro atoms. The van der Waals surface area contributed by atoms with Crippen molar-refractivity contribution in [3.63, 3.8) is 0 Å². The van der Waals surface area contributed by atoms with E-state index in [1.165, 1.54) is 36.8 Å². The summed E-state index contributed by atoms with van der Waals surface area (Å²) in [7, 11) is 0. The molecule has 1 radical (unpaired) electrons. The van der Waals surface area contributed by atoms with Crippen LogP contribution in [0.1, 0.15) is 31.2 Å². The van der Waals surface area contributed by atoms with Gasteiger partial charge >= 0.3 is 0 Å². The molecule has 0 aromatic heterocycles. The van der Waals surface area contributed by atoms with Crippen molar-refractivity contribution in [2.75, 3.05) is 0 Å². The molecule has 13 heavy (non-hydrogen) atoms. The molecule has 0 N–H and O–H groups in total. The minimum Gasteiger partial charge on any atom is -0.184 e. The fourth-order valence-corrected chi connectivity index (χ4v) is 1.70. The van der Waals surface area contributed by atoms with Gasteiger partial charge in [0.05, 0.1) is 0 Å². The number of hydrogen-bond donors (Lipinski definition) is 0. The van der Waals surface area contributed by atoms with E-state index in [0.29, 0.717) is 0 Å². The Morgan fingerprint density at radius 3 is 2.46 bits per heavy atom. The zero-order valence-electron chi connectivity index (χ0n) is 7.79. The Kier molecular flexibility index (Phi) is 4.90. The van der Waals surface area contributed by atoms with Crippen molar-refractivity contribution in [3.05, 3.63) is 42.0 Å². The summed E-state index contributed by atoms with van der Waals surface area (Å²) in [6, 6.07) is 11.3. The Balaban J connectivity index is 0.000000845.